The van der Waals surface area contributed by atoms with Crippen LogP contribution >= 0.6 is 11.6 Å². The third kappa shape index (κ3) is 4.94. The average Bonchev–Trinajstić information content (AvgIpc) is 2.72. The molecule has 0 unspecified atom stereocenters. The predicted octanol–water partition coefficient (Wildman–Crippen LogP) is 4.23. The minimum Gasteiger partial charge on any atom is -0.494 e. The van der Waals surface area contributed by atoms with E-state index in [1.54, 1.807) is 19.1 Å². The zero-order valence-corrected chi connectivity index (χ0v) is 18.4. The van der Waals surface area contributed by atoms with E-state index in [4.69, 9.17) is 16.3 Å². The lowest BCUT2D eigenvalue weighted by Gasteiger charge is -2.31. The molecule has 1 amide bonds. The number of carbonyl (C=O) groups excluding carboxylic acids is 1. The molecule has 1 aliphatic heterocycles. The van der Waals surface area contributed by atoms with E-state index in [9.17, 15) is 17.6 Å². The molecule has 0 bridgehead atoms. The van der Waals surface area contributed by atoms with Crippen molar-refractivity contribution in [2.75, 3.05) is 25.0 Å². The SMILES string of the molecule is CCOc1ccc(S(=O)(=O)N2CCC[C@@H](C(=O)Nc3ccc(F)c(Cl)c3)C2)cc1C. The third-order valence-electron chi connectivity index (χ3n) is 5.03. The molecular formula is C21H24ClFN2O4S. The van der Waals surface area contributed by atoms with Crippen LogP contribution in [0, 0.1) is 18.7 Å². The van der Waals surface area contributed by atoms with Crippen LogP contribution in [0.4, 0.5) is 10.1 Å². The van der Waals surface area contributed by atoms with Crippen molar-refractivity contribution < 1.29 is 22.3 Å². The fraction of sp³-hybridized carbons (Fsp3) is 0.381. The van der Waals surface area contributed by atoms with Crippen LogP contribution in [0.3, 0.4) is 0 Å². The van der Waals surface area contributed by atoms with Gasteiger partial charge in [0.05, 0.1) is 22.4 Å². The molecule has 2 aromatic carbocycles. The smallest absolute Gasteiger partial charge is 0.243 e. The Morgan fingerprint density at radius 1 is 1.30 bits per heavy atom. The molecule has 0 saturated carbocycles. The Morgan fingerprint density at radius 3 is 2.73 bits per heavy atom. The third-order valence-corrected chi connectivity index (χ3v) is 7.18. The Morgan fingerprint density at radius 2 is 2.07 bits per heavy atom. The molecule has 0 aliphatic carbocycles. The molecule has 162 valence electrons. The number of aryl methyl sites for hydroxylation is 1. The van der Waals surface area contributed by atoms with Crippen LogP contribution in [0.1, 0.15) is 25.3 Å². The maximum absolute atomic E-state index is 13.3. The van der Waals surface area contributed by atoms with E-state index in [0.29, 0.717) is 37.4 Å². The van der Waals surface area contributed by atoms with Gasteiger partial charge in [-0.15, -0.1) is 0 Å². The summed E-state index contributed by atoms with van der Waals surface area (Å²) in [6.45, 7) is 4.58. The summed E-state index contributed by atoms with van der Waals surface area (Å²) in [4.78, 5) is 12.8. The summed E-state index contributed by atoms with van der Waals surface area (Å²) in [7, 11) is -3.74. The van der Waals surface area contributed by atoms with E-state index >= 15 is 0 Å². The molecule has 1 saturated heterocycles. The maximum Gasteiger partial charge on any atom is 0.243 e. The van der Waals surface area contributed by atoms with Gasteiger partial charge in [-0.25, -0.2) is 12.8 Å². The lowest BCUT2D eigenvalue weighted by atomic mass is 9.99. The summed E-state index contributed by atoms with van der Waals surface area (Å²) in [6, 6.07) is 8.68. The fourth-order valence-corrected chi connectivity index (χ4v) is 5.23. The van der Waals surface area contributed by atoms with Gasteiger partial charge in [-0.3, -0.25) is 4.79 Å². The lowest BCUT2D eigenvalue weighted by molar-refractivity contribution is -0.120. The summed E-state index contributed by atoms with van der Waals surface area (Å²) in [5, 5.41) is 2.60. The van der Waals surface area contributed by atoms with E-state index in [1.807, 2.05) is 6.92 Å². The summed E-state index contributed by atoms with van der Waals surface area (Å²) in [6.07, 6.45) is 1.13. The molecule has 0 spiro atoms. The number of piperidine rings is 1. The van der Waals surface area contributed by atoms with Crippen molar-refractivity contribution >= 4 is 33.2 Å². The number of benzene rings is 2. The zero-order chi connectivity index (χ0) is 21.9. The zero-order valence-electron chi connectivity index (χ0n) is 16.8. The van der Waals surface area contributed by atoms with E-state index in [2.05, 4.69) is 5.32 Å². The van der Waals surface area contributed by atoms with Gasteiger partial charge < -0.3 is 10.1 Å². The minimum atomic E-state index is -3.74. The van der Waals surface area contributed by atoms with E-state index in [0.717, 1.165) is 5.56 Å². The molecule has 1 aliphatic rings. The van der Waals surface area contributed by atoms with Crippen LogP contribution in [-0.2, 0) is 14.8 Å². The summed E-state index contributed by atoms with van der Waals surface area (Å²) >= 11 is 5.75. The highest BCUT2D eigenvalue weighted by atomic mass is 35.5. The van der Waals surface area contributed by atoms with E-state index < -0.39 is 21.8 Å². The number of halogens is 2. The monoisotopic (exact) mass is 454 g/mol. The van der Waals surface area contributed by atoms with Crippen LogP contribution < -0.4 is 10.1 Å². The van der Waals surface area contributed by atoms with E-state index in [1.165, 1.54) is 28.6 Å². The van der Waals surface area contributed by atoms with Gasteiger partial charge in [-0.2, -0.15) is 4.31 Å². The number of hydrogen-bond donors (Lipinski definition) is 1. The Labute approximate surface area is 181 Å². The Hall–Kier alpha value is -2.16. The number of rotatable bonds is 6. The van der Waals surface area contributed by atoms with Crippen molar-refractivity contribution in [1.82, 2.24) is 4.31 Å². The van der Waals surface area contributed by atoms with Gasteiger partial charge in [0, 0.05) is 18.8 Å². The largest absolute Gasteiger partial charge is 0.494 e. The standard InChI is InChI=1S/C21H24ClFN2O4S/c1-3-29-20-9-7-17(11-14(20)2)30(27,28)25-10-4-5-15(13-25)21(26)24-16-6-8-19(23)18(22)12-16/h6-9,11-12,15H,3-5,10,13H2,1-2H3,(H,24,26)/t15-/m1/s1. The van der Waals surface area contributed by atoms with Gasteiger partial charge in [0.1, 0.15) is 11.6 Å². The Balaban J connectivity index is 1.73. The number of ether oxygens (including phenoxy) is 1. The normalized spacial score (nSPS) is 17.5. The number of anilines is 1. The van der Waals surface area contributed by atoms with Gasteiger partial charge >= 0.3 is 0 Å². The van der Waals surface area contributed by atoms with Crippen LogP contribution in [0.2, 0.25) is 5.02 Å². The van der Waals surface area contributed by atoms with E-state index in [-0.39, 0.29) is 22.4 Å². The molecule has 9 heteroatoms. The Kier molecular flexibility index (Phi) is 7.00. The van der Waals surface area contributed by atoms with Crippen molar-refractivity contribution in [3.05, 3.63) is 52.8 Å². The number of sulfonamides is 1. The fourth-order valence-electron chi connectivity index (χ4n) is 3.44. The van der Waals surface area contributed by atoms with Gasteiger partial charge in [-0.05, 0) is 68.7 Å². The molecule has 6 nitrogen and oxygen atoms in total. The molecule has 0 radical (unpaired) electrons. The first-order valence-corrected chi connectivity index (χ1v) is 11.5. The van der Waals surface area contributed by atoms with Crippen molar-refractivity contribution in [1.29, 1.82) is 0 Å². The highest BCUT2D eigenvalue weighted by Crippen LogP contribution is 2.28. The van der Waals surface area contributed by atoms with Crippen molar-refractivity contribution in [2.45, 2.75) is 31.6 Å². The second-order valence-electron chi connectivity index (χ2n) is 7.18. The molecule has 0 aromatic heterocycles. The highest BCUT2D eigenvalue weighted by molar-refractivity contribution is 7.89. The van der Waals surface area contributed by atoms with Crippen molar-refractivity contribution in [3.8, 4) is 5.75 Å². The van der Waals surface area contributed by atoms with Crippen LogP contribution in [0.25, 0.3) is 0 Å². The van der Waals surface area contributed by atoms with Gasteiger partial charge in [-0.1, -0.05) is 11.6 Å². The highest BCUT2D eigenvalue weighted by Gasteiger charge is 2.33. The van der Waals surface area contributed by atoms with Gasteiger partial charge in [0.2, 0.25) is 15.9 Å². The molecule has 1 atom stereocenters. The molecule has 1 N–H and O–H groups in total. The Bertz CT molecular complexity index is 1050. The second-order valence-corrected chi connectivity index (χ2v) is 9.53. The van der Waals surface area contributed by atoms with Crippen molar-refractivity contribution in [2.24, 2.45) is 5.92 Å². The lowest BCUT2D eigenvalue weighted by Crippen LogP contribution is -2.43. The maximum atomic E-state index is 13.3. The molecule has 1 fully saturated rings. The van der Waals surface area contributed by atoms with Crippen LogP contribution in [0.5, 0.6) is 5.75 Å². The number of nitrogens with zero attached hydrogens (tertiary/aromatic N) is 1. The summed E-state index contributed by atoms with van der Waals surface area (Å²) < 4.78 is 46.3. The van der Waals surface area contributed by atoms with Gasteiger partial charge in [0.25, 0.3) is 0 Å². The first kappa shape index (κ1) is 22.5. The number of hydrogen-bond acceptors (Lipinski definition) is 4. The first-order chi connectivity index (χ1) is 14.2. The van der Waals surface area contributed by atoms with Crippen LogP contribution in [0.15, 0.2) is 41.3 Å². The second kappa shape index (κ2) is 9.32. The molecule has 2 aromatic rings. The summed E-state index contributed by atoms with van der Waals surface area (Å²) in [5.74, 6) is -0.762. The topological polar surface area (TPSA) is 75.7 Å². The molecular weight excluding hydrogens is 431 g/mol. The van der Waals surface area contributed by atoms with Gasteiger partial charge in [0.15, 0.2) is 0 Å². The van der Waals surface area contributed by atoms with Crippen molar-refractivity contribution in [3.63, 3.8) is 0 Å². The quantitative estimate of drug-likeness (QED) is 0.708. The van der Waals surface area contributed by atoms with Crippen LogP contribution in [-0.4, -0.2) is 38.3 Å². The average molecular weight is 455 g/mol. The number of amides is 1. The molecule has 1 heterocycles. The minimum absolute atomic E-state index is 0.0787. The summed E-state index contributed by atoms with van der Waals surface area (Å²) in [5.41, 5.74) is 1.10. The predicted molar refractivity (Wildman–Crippen MR) is 114 cm³/mol. The number of carbonyl (C=O) groups is 1. The molecule has 30 heavy (non-hydrogen) atoms. The number of nitrogens with one attached hydrogen (secondary N) is 1. The molecule has 3 rings (SSSR count). The first-order valence-electron chi connectivity index (χ1n) is 9.72.